The Hall–Kier alpha value is -3.49. The first-order chi connectivity index (χ1) is 16.0. The number of benzene rings is 2. The summed E-state index contributed by atoms with van der Waals surface area (Å²) >= 11 is 12.7. The van der Waals surface area contributed by atoms with E-state index in [9.17, 15) is 9.18 Å². The lowest BCUT2D eigenvalue weighted by atomic mass is 10.0. The number of rotatable bonds is 5. The molecule has 0 saturated carbocycles. The van der Waals surface area contributed by atoms with Crippen LogP contribution in [-0.2, 0) is 0 Å². The minimum absolute atomic E-state index is 0.0230. The van der Waals surface area contributed by atoms with E-state index in [0.29, 0.717) is 50.2 Å². The third kappa shape index (κ3) is 3.71. The highest BCUT2D eigenvalue weighted by molar-refractivity contribution is 6.34. The highest BCUT2D eigenvalue weighted by Gasteiger charge is 2.22. The number of aromatic nitrogens is 5. The van der Waals surface area contributed by atoms with Crippen LogP contribution in [0.25, 0.3) is 27.6 Å². The van der Waals surface area contributed by atoms with Crippen molar-refractivity contribution in [3.05, 3.63) is 87.0 Å². The van der Waals surface area contributed by atoms with E-state index in [4.69, 9.17) is 23.2 Å². The van der Waals surface area contributed by atoms with E-state index in [-0.39, 0.29) is 11.4 Å². The molecule has 2 aromatic carbocycles. The highest BCUT2D eigenvalue weighted by Crippen LogP contribution is 2.31. The molecule has 2 N–H and O–H groups in total. The second kappa shape index (κ2) is 8.46. The fourth-order valence-corrected chi connectivity index (χ4v) is 4.29. The van der Waals surface area contributed by atoms with Crippen molar-refractivity contribution >= 4 is 51.0 Å². The van der Waals surface area contributed by atoms with Crippen molar-refractivity contribution in [2.24, 2.45) is 0 Å². The van der Waals surface area contributed by atoms with Crippen molar-refractivity contribution in [1.82, 2.24) is 24.5 Å². The fraction of sp³-hybridized carbons (Fsp3) is 0.130. The Morgan fingerprint density at radius 2 is 2.00 bits per heavy atom. The van der Waals surface area contributed by atoms with Crippen molar-refractivity contribution in [1.29, 1.82) is 0 Å². The van der Waals surface area contributed by atoms with Crippen LogP contribution in [0.4, 0.5) is 10.2 Å². The second-order valence-corrected chi connectivity index (χ2v) is 8.28. The Morgan fingerprint density at radius 1 is 1.15 bits per heavy atom. The minimum atomic E-state index is -0.605. The summed E-state index contributed by atoms with van der Waals surface area (Å²) in [5.41, 5.74) is 1.56. The largest absolute Gasteiger partial charge is 0.360 e. The molecule has 0 amide bonds. The predicted octanol–water partition coefficient (Wildman–Crippen LogP) is 5.67. The first-order valence-corrected chi connectivity index (χ1v) is 10.9. The maximum absolute atomic E-state index is 14.7. The molecule has 5 aromatic rings. The molecule has 5 rings (SSSR count). The normalized spacial score (nSPS) is 12.4. The lowest BCUT2D eigenvalue weighted by molar-refractivity contribution is 0.635. The summed E-state index contributed by atoms with van der Waals surface area (Å²) in [6, 6.07) is 10.8. The van der Waals surface area contributed by atoms with E-state index in [1.807, 2.05) is 6.92 Å². The van der Waals surface area contributed by atoms with Crippen LogP contribution in [-0.4, -0.2) is 24.5 Å². The number of imidazole rings is 1. The molecule has 3 aromatic heterocycles. The molecule has 1 atom stereocenters. The summed E-state index contributed by atoms with van der Waals surface area (Å²) < 4.78 is 16.1. The molecule has 10 heteroatoms. The van der Waals surface area contributed by atoms with E-state index in [1.165, 1.54) is 23.3 Å². The van der Waals surface area contributed by atoms with Crippen LogP contribution in [0.2, 0.25) is 10.0 Å². The summed E-state index contributed by atoms with van der Waals surface area (Å²) in [5.74, 6) is -0.0770. The summed E-state index contributed by atoms with van der Waals surface area (Å²) in [6.45, 7) is 1.97. The van der Waals surface area contributed by atoms with Gasteiger partial charge in [0.25, 0.3) is 5.56 Å². The van der Waals surface area contributed by atoms with Gasteiger partial charge in [0, 0.05) is 10.7 Å². The number of nitrogens with one attached hydrogen (secondary N) is 2. The van der Waals surface area contributed by atoms with Gasteiger partial charge in [0.05, 0.1) is 28.5 Å². The highest BCUT2D eigenvalue weighted by atomic mass is 35.5. The number of anilines is 1. The quantitative estimate of drug-likeness (QED) is 0.337. The standard InChI is InChI=1S/C23H17Cl2FN6O/c1-2-16(31-22-20-21(28-10-27-20)29-11-30-22)18-8-12-4-3-5-15(26)19(12)23(33)32(18)17-9-13(24)6-7-14(17)25/h3-11,16H,2H2,1H3,(H2,27,28,29,30,31)/t16-/m1/s1. The minimum Gasteiger partial charge on any atom is -0.360 e. The van der Waals surface area contributed by atoms with Gasteiger partial charge in [-0.2, -0.15) is 0 Å². The smallest absolute Gasteiger partial charge is 0.266 e. The Bertz CT molecular complexity index is 1560. The zero-order chi connectivity index (χ0) is 23.1. The molecule has 33 heavy (non-hydrogen) atoms. The molecule has 0 fully saturated rings. The number of nitrogens with zero attached hydrogens (tertiary/aromatic N) is 4. The summed E-state index contributed by atoms with van der Waals surface area (Å²) in [7, 11) is 0. The van der Waals surface area contributed by atoms with Crippen LogP contribution in [0.15, 0.2) is 59.9 Å². The number of pyridine rings is 1. The van der Waals surface area contributed by atoms with Crippen LogP contribution in [0.3, 0.4) is 0 Å². The average molecular weight is 483 g/mol. The summed E-state index contributed by atoms with van der Waals surface area (Å²) in [6.07, 6.45) is 3.53. The molecular formula is C23H17Cl2FN6O. The Kier molecular flexibility index (Phi) is 5.47. The van der Waals surface area contributed by atoms with E-state index < -0.39 is 11.4 Å². The average Bonchev–Trinajstić information content (AvgIpc) is 3.29. The molecule has 0 bridgehead atoms. The van der Waals surface area contributed by atoms with Crippen molar-refractivity contribution < 1.29 is 4.39 Å². The van der Waals surface area contributed by atoms with Crippen molar-refractivity contribution in [2.45, 2.75) is 19.4 Å². The van der Waals surface area contributed by atoms with Gasteiger partial charge in [-0.3, -0.25) is 9.36 Å². The van der Waals surface area contributed by atoms with Gasteiger partial charge in [-0.15, -0.1) is 0 Å². The van der Waals surface area contributed by atoms with Crippen molar-refractivity contribution in [2.75, 3.05) is 5.32 Å². The van der Waals surface area contributed by atoms with E-state index in [1.54, 1.807) is 36.4 Å². The van der Waals surface area contributed by atoms with Crippen LogP contribution in [0.1, 0.15) is 25.1 Å². The number of hydrogen-bond acceptors (Lipinski definition) is 5. The topological polar surface area (TPSA) is 88.5 Å². The zero-order valence-electron chi connectivity index (χ0n) is 17.3. The van der Waals surface area contributed by atoms with Crippen LogP contribution in [0, 0.1) is 5.82 Å². The van der Waals surface area contributed by atoms with Gasteiger partial charge in [-0.05, 0) is 42.1 Å². The van der Waals surface area contributed by atoms with E-state index in [2.05, 4.69) is 25.3 Å². The van der Waals surface area contributed by atoms with E-state index in [0.717, 1.165) is 0 Å². The van der Waals surface area contributed by atoms with Gasteiger partial charge in [0.1, 0.15) is 17.7 Å². The Labute approximate surface area is 197 Å². The zero-order valence-corrected chi connectivity index (χ0v) is 18.8. The fourth-order valence-electron chi connectivity index (χ4n) is 3.93. The van der Waals surface area contributed by atoms with Gasteiger partial charge in [0.15, 0.2) is 11.5 Å². The number of H-pyrrole nitrogens is 1. The molecule has 7 nitrogen and oxygen atoms in total. The van der Waals surface area contributed by atoms with E-state index >= 15 is 0 Å². The van der Waals surface area contributed by atoms with Gasteiger partial charge < -0.3 is 10.3 Å². The molecular weight excluding hydrogens is 466 g/mol. The monoisotopic (exact) mass is 482 g/mol. The maximum Gasteiger partial charge on any atom is 0.266 e. The van der Waals surface area contributed by atoms with Gasteiger partial charge >= 0.3 is 0 Å². The first-order valence-electron chi connectivity index (χ1n) is 10.2. The molecule has 0 saturated heterocycles. The van der Waals surface area contributed by atoms with Gasteiger partial charge in [-0.25, -0.2) is 19.3 Å². The molecule has 0 radical (unpaired) electrons. The van der Waals surface area contributed by atoms with Crippen molar-refractivity contribution in [3.8, 4) is 5.69 Å². The number of fused-ring (bicyclic) bond motifs is 2. The SMILES string of the molecule is CC[C@@H](Nc1ncnc2nc[nH]c12)c1cc2cccc(F)c2c(=O)n1-c1cc(Cl)ccc1Cl. The number of hydrogen-bond donors (Lipinski definition) is 2. The molecule has 3 heterocycles. The van der Waals surface area contributed by atoms with Crippen LogP contribution >= 0.6 is 23.2 Å². The third-order valence-electron chi connectivity index (χ3n) is 5.47. The van der Waals surface area contributed by atoms with Crippen LogP contribution in [0.5, 0.6) is 0 Å². The molecule has 166 valence electrons. The number of aromatic amines is 1. The lowest BCUT2D eigenvalue weighted by Gasteiger charge is -2.24. The third-order valence-corrected chi connectivity index (χ3v) is 6.03. The van der Waals surface area contributed by atoms with Crippen LogP contribution < -0.4 is 10.9 Å². The Morgan fingerprint density at radius 3 is 2.82 bits per heavy atom. The first kappa shape index (κ1) is 21.4. The maximum atomic E-state index is 14.7. The molecule has 0 aliphatic rings. The molecule has 0 aliphatic carbocycles. The molecule has 0 spiro atoms. The Balaban J connectivity index is 1.78. The van der Waals surface area contributed by atoms with Gasteiger partial charge in [-0.1, -0.05) is 42.3 Å². The predicted molar refractivity (Wildman–Crippen MR) is 128 cm³/mol. The molecule has 0 unspecified atom stereocenters. The molecule has 0 aliphatic heterocycles. The van der Waals surface area contributed by atoms with Crippen molar-refractivity contribution in [3.63, 3.8) is 0 Å². The van der Waals surface area contributed by atoms with Gasteiger partial charge in [0.2, 0.25) is 0 Å². The second-order valence-electron chi connectivity index (χ2n) is 7.44. The lowest BCUT2D eigenvalue weighted by Crippen LogP contribution is -2.27. The summed E-state index contributed by atoms with van der Waals surface area (Å²) in [5, 5.41) is 4.55. The number of halogens is 3. The summed E-state index contributed by atoms with van der Waals surface area (Å²) in [4.78, 5) is 29.3.